The van der Waals surface area contributed by atoms with Crippen LogP contribution in [0.15, 0.2) is 86.7 Å². The third kappa shape index (κ3) is 2.39. The van der Waals surface area contributed by atoms with Crippen molar-refractivity contribution in [2.45, 2.75) is 19.5 Å². The van der Waals surface area contributed by atoms with Gasteiger partial charge in [0.05, 0.1) is 0 Å². The van der Waals surface area contributed by atoms with E-state index in [1.54, 1.807) is 0 Å². The quantitative estimate of drug-likeness (QED) is 0.471. The number of para-hydroxylation sites is 2. The molecule has 4 aromatic rings. The number of rotatable bonds is 1. The molecule has 34 heavy (non-hydrogen) atoms. The van der Waals surface area contributed by atoms with E-state index in [4.69, 9.17) is 4.99 Å². The predicted molar refractivity (Wildman–Crippen MR) is 131 cm³/mol. The van der Waals surface area contributed by atoms with E-state index in [2.05, 4.69) is 45.2 Å². The van der Waals surface area contributed by atoms with Gasteiger partial charge in [0.2, 0.25) is 11.6 Å². The summed E-state index contributed by atoms with van der Waals surface area (Å²) in [6.45, 7) is 4.11. The highest BCUT2D eigenvalue weighted by Gasteiger charge is 2.59. The first kappa shape index (κ1) is 18.9. The minimum absolute atomic E-state index is 0.201. The highest BCUT2D eigenvalue weighted by molar-refractivity contribution is 6.21. The average molecular weight is 445 g/mol. The lowest BCUT2D eigenvalue weighted by molar-refractivity contribution is -0.120. The zero-order valence-electron chi connectivity index (χ0n) is 18.5. The summed E-state index contributed by atoms with van der Waals surface area (Å²) in [6.07, 6.45) is 0. The van der Waals surface area contributed by atoms with Gasteiger partial charge in [0.1, 0.15) is 5.36 Å². The van der Waals surface area contributed by atoms with Crippen LogP contribution in [0.3, 0.4) is 0 Å². The van der Waals surface area contributed by atoms with E-state index in [-0.39, 0.29) is 5.91 Å². The number of nitrogens with one attached hydrogen (secondary N) is 2. The van der Waals surface area contributed by atoms with E-state index in [0.717, 1.165) is 38.8 Å². The Morgan fingerprint density at radius 3 is 2.65 bits per heavy atom. The number of nitrogens with zero attached hydrogens (tertiary/aromatic N) is 5. The number of hydrogen-bond acceptors (Lipinski definition) is 4. The molecule has 0 radical (unpaired) electrons. The molecule has 1 aromatic heterocycles. The summed E-state index contributed by atoms with van der Waals surface area (Å²) >= 11 is 0. The summed E-state index contributed by atoms with van der Waals surface area (Å²) in [4.78, 5) is 37.1. The number of fused-ring (bicyclic) bond motifs is 5. The summed E-state index contributed by atoms with van der Waals surface area (Å²) < 4.78 is 0. The molecule has 8 heteroatoms. The molecule has 0 bridgehead atoms. The molecular weight excluding hydrogens is 426 g/mol. The van der Waals surface area contributed by atoms with Crippen LogP contribution in [0.4, 0.5) is 11.4 Å². The van der Waals surface area contributed by atoms with Crippen molar-refractivity contribution in [2.75, 3.05) is 10.2 Å². The highest BCUT2D eigenvalue weighted by atomic mass is 16.2. The van der Waals surface area contributed by atoms with Crippen LogP contribution in [0.25, 0.3) is 10.9 Å². The maximum atomic E-state index is 13.3. The standard InChI is InChI=1S/C26H19N7O/c1-14-11-12-16(13-15(14)2)33-25(32-26(33)18-8-4-6-10-20(18)28-23(26)34)31-24-29-21-17-7-3-5-9-19(17)27-22(21)30-24/h3-13H,1-2H3,(H,28,34)(H,27,29,30,31,32)/t26-/m1/s1. The van der Waals surface area contributed by atoms with Crippen molar-refractivity contribution < 1.29 is 4.79 Å². The molecule has 1 atom stereocenters. The number of benzene rings is 3. The molecule has 0 saturated heterocycles. The van der Waals surface area contributed by atoms with Gasteiger partial charge in [-0.05, 0) is 49.2 Å². The van der Waals surface area contributed by atoms with Crippen molar-refractivity contribution in [1.82, 2.24) is 4.98 Å². The zero-order valence-corrected chi connectivity index (χ0v) is 18.5. The number of guanidine groups is 2. The van der Waals surface area contributed by atoms with Gasteiger partial charge in [-0.1, -0.05) is 42.5 Å². The summed E-state index contributed by atoms with van der Waals surface area (Å²) in [7, 11) is 0. The minimum atomic E-state index is -1.20. The molecule has 0 aliphatic carbocycles. The molecule has 1 amide bonds. The largest absolute Gasteiger partial charge is 0.338 e. The van der Waals surface area contributed by atoms with E-state index in [1.165, 1.54) is 5.56 Å². The van der Waals surface area contributed by atoms with Crippen LogP contribution in [0.5, 0.6) is 0 Å². The number of carbonyl (C=O) groups excluding carboxylic acids is 1. The Balaban J connectivity index is 1.40. The number of aryl methyl sites for hydroxylation is 2. The molecule has 0 saturated carbocycles. The normalized spacial score (nSPS) is 21.1. The molecular formula is C26H19N7O. The van der Waals surface area contributed by atoms with Crippen LogP contribution in [-0.2, 0) is 10.5 Å². The SMILES string of the molecule is Cc1ccc(N2C(/N=C3\N=c4[nH]c5ccccc5c4=N3)=N[C@@]23C(=O)Nc2ccccc23)cc1C. The Morgan fingerprint density at radius 2 is 1.76 bits per heavy atom. The fourth-order valence-corrected chi connectivity index (χ4v) is 4.82. The van der Waals surface area contributed by atoms with Gasteiger partial charge in [-0.25, -0.2) is 9.98 Å². The lowest BCUT2D eigenvalue weighted by Gasteiger charge is -2.44. The number of hydrogen-bond donors (Lipinski definition) is 2. The third-order valence-corrected chi connectivity index (χ3v) is 6.68. The van der Waals surface area contributed by atoms with Crippen LogP contribution < -0.4 is 21.1 Å². The van der Waals surface area contributed by atoms with Crippen molar-refractivity contribution in [2.24, 2.45) is 20.0 Å². The number of aromatic nitrogens is 1. The molecule has 8 nitrogen and oxygen atoms in total. The fourth-order valence-electron chi connectivity index (χ4n) is 4.82. The number of carbonyl (C=O) groups is 1. The van der Waals surface area contributed by atoms with Gasteiger partial charge in [0.25, 0.3) is 11.9 Å². The molecule has 164 valence electrons. The molecule has 3 aromatic carbocycles. The van der Waals surface area contributed by atoms with Crippen LogP contribution in [0.2, 0.25) is 0 Å². The smallest absolute Gasteiger partial charge is 0.278 e. The molecule has 0 fully saturated rings. The van der Waals surface area contributed by atoms with Crippen molar-refractivity contribution in [3.63, 3.8) is 0 Å². The first-order valence-corrected chi connectivity index (χ1v) is 11.1. The maximum absolute atomic E-state index is 13.3. The Bertz CT molecular complexity index is 1750. The Kier molecular flexibility index (Phi) is 3.61. The summed E-state index contributed by atoms with van der Waals surface area (Å²) in [5.74, 6) is 0.501. The Labute approximate surface area is 194 Å². The van der Waals surface area contributed by atoms with Crippen LogP contribution in [-0.4, -0.2) is 22.8 Å². The lowest BCUT2D eigenvalue weighted by Crippen LogP contribution is -2.60. The Morgan fingerprint density at radius 1 is 0.941 bits per heavy atom. The average Bonchev–Trinajstić information content (AvgIpc) is 3.45. The second kappa shape index (κ2) is 6.48. The molecule has 2 N–H and O–H groups in total. The van der Waals surface area contributed by atoms with Gasteiger partial charge in [-0.15, -0.1) is 0 Å². The first-order valence-electron chi connectivity index (χ1n) is 11.1. The number of aromatic amines is 1. The lowest BCUT2D eigenvalue weighted by atomic mass is 9.95. The van der Waals surface area contributed by atoms with E-state index in [9.17, 15) is 4.79 Å². The molecule has 4 heterocycles. The molecule has 7 rings (SSSR count). The third-order valence-electron chi connectivity index (χ3n) is 6.68. The molecule has 0 unspecified atom stereocenters. The van der Waals surface area contributed by atoms with Gasteiger partial charge in [0.15, 0.2) is 5.49 Å². The van der Waals surface area contributed by atoms with Gasteiger partial charge in [-0.3, -0.25) is 9.69 Å². The summed E-state index contributed by atoms with van der Waals surface area (Å²) in [5.41, 5.74) is 5.15. The fraction of sp³-hybridized carbons (Fsp3) is 0.115. The van der Waals surface area contributed by atoms with Crippen molar-refractivity contribution in [1.29, 1.82) is 0 Å². The summed E-state index contributed by atoms with van der Waals surface area (Å²) in [6, 6.07) is 21.7. The van der Waals surface area contributed by atoms with E-state index < -0.39 is 5.66 Å². The van der Waals surface area contributed by atoms with Crippen molar-refractivity contribution in [3.8, 4) is 0 Å². The molecule has 1 spiro atoms. The van der Waals surface area contributed by atoms with E-state index >= 15 is 0 Å². The predicted octanol–water partition coefficient (Wildman–Crippen LogP) is 3.07. The van der Waals surface area contributed by atoms with Gasteiger partial charge < -0.3 is 10.3 Å². The zero-order chi connectivity index (χ0) is 23.0. The number of anilines is 2. The second-order valence-corrected chi connectivity index (χ2v) is 8.69. The van der Waals surface area contributed by atoms with Gasteiger partial charge in [0, 0.05) is 27.8 Å². The van der Waals surface area contributed by atoms with E-state index in [1.807, 2.05) is 65.6 Å². The maximum Gasteiger partial charge on any atom is 0.278 e. The summed E-state index contributed by atoms with van der Waals surface area (Å²) in [5, 5.41) is 4.74. The van der Waals surface area contributed by atoms with Gasteiger partial charge in [-0.2, -0.15) is 9.98 Å². The van der Waals surface area contributed by atoms with Crippen LogP contribution in [0, 0.1) is 13.8 Å². The number of H-pyrrole nitrogens is 1. The highest BCUT2D eigenvalue weighted by Crippen LogP contribution is 2.49. The minimum Gasteiger partial charge on any atom is -0.338 e. The Hall–Kier alpha value is -4.59. The van der Waals surface area contributed by atoms with Crippen LogP contribution in [0.1, 0.15) is 16.7 Å². The van der Waals surface area contributed by atoms with Gasteiger partial charge >= 0.3 is 0 Å². The topological polar surface area (TPSA) is 97.6 Å². The van der Waals surface area contributed by atoms with E-state index in [0.29, 0.717) is 17.4 Å². The van der Waals surface area contributed by atoms with Crippen molar-refractivity contribution >= 4 is 40.1 Å². The van der Waals surface area contributed by atoms with Crippen LogP contribution >= 0.6 is 0 Å². The first-order chi connectivity index (χ1) is 16.5. The number of aliphatic imine (C=N–C) groups is 2. The molecule has 3 aliphatic heterocycles. The second-order valence-electron chi connectivity index (χ2n) is 8.69. The van der Waals surface area contributed by atoms with Crippen molar-refractivity contribution in [3.05, 3.63) is 94.3 Å². The monoisotopic (exact) mass is 445 g/mol. The molecule has 3 aliphatic rings. The number of amides is 1.